The number of benzene rings is 1. The number of halogens is 5. The van der Waals surface area contributed by atoms with Crippen LogP contribution in [0.3, 0.4) is 0 Å². The van der Waals surface area contributed by atoms with Gasteiger partial charge in [0.25, 0.3) is 0 Å². The van der Waals surface area contributed by atoms with Gasteiger partial charge < -0.3 is 5.73 Å². The van der Waals surface area contributed by atoms with Crippen molar-refractivity contribution in [2.24, 2.45) is 0 Å². The molecular formula is C6H2BrF2I2N. The molecule has 0 radical (unpaired) electrons. The minimum absolute atomic E-state index is 0.148. The highest BCUT2D eigenvalue weighted by atomic mass is 127. The van der Waals surface area contributed by atoms with Crippen molar-refractivity contribution in [3.63, 3.8) is 0 Å². The fourth-order valence-corrected chi connectivity index (χ4v) is 3.35. The Morgan fingerprint density at radius 1 is 1.08 bits per heavy atom. The molecule has 0 amide bonds. The smallest absolute Gasteiger partial charge is 0.155 e. The Bertz CT molecular complexity index is 238. The molecule has 2 N–H and O–H groups in total. The summed E-state index contributed by atoms with van der Waals surface area (Å²) in [5.74, 6) is -1.29. The number of nitrogen functional groups attached to an aromatic ring is 1. The monoisotopic (exact) mass is 459 g/mol. The first kappa shape index (κ1) is 10.9. The minimum Gasteiger partial charge on any atom is -0.397 e. The topological polar surface area (TPSA) is 26.0 Å². The second-order valence-corrected chi connectivity index (χ2v) is 4.93. The summed E-state index contributed by atoms with van der Waals surface area (Å²) in [5.41, 5.74) is 5.58. The molecule has 0 bridgehead atoms. The normalized spacial score (nSPS) is 10.4. The van der Waals surface area contributed by atoms with Gasteiger partial charge in [0.2, 0.25) is 0 Å². The van der Waals surface area contributed by atoms with E-state index in [-0.39, 0.29) is 17.3 Å². The third-order valence-corrected chi connectivity index (χ3v) is 4.05. The van der Waals surface area contributed by atoms with Crippen LogP contribution >= 0.6 is 61.1 Å². The van der Waals surface area contributed by atoms with Gasteiger partial charge in [-0.2, -0.15) is 0 Å². The van der Waals surface area contributed by atoms with Gasteiger partial charge in [-0.1, -0.05) is 0 Å². The standard InChI is InChI=1S/C6H2BrF2I2N/c7-1-2(8)4(10)6(12)5(11)3(1)9/h12H2. The molecular weight excluding hydrogens is 458 g/mol. The average molecular weight is 460 g/mol. The van der Waals surface area contributed by atoms with Gasteiger partial charge in [-0.25, -0.2) is 8.78 Å². The Hall–Kier alpha value is 0.820. The first-order valence-corrected chi connectivity index (χ1v) is 5.68. The highest BCUT2D eigenvalue weighted by Gasteiger charge is 2.18. The molecule has 0 saturated carbocycles. The molecule has 0 aliphatic carbocycles. The van der Waals surface area contributed by atoms with E-state index in [0.717, 1.165) is 0 Å². The molecule has 0 aromatic heterocycles. The van der Waals surface area contributed by atoms with E-state index in [0.29, 0.717) is 0 Å². The fourth-order valence-electron chi connectivity index (χ4n) is 0.622. The Labute approximate surface area is 103 Å². The summed E-state index contributed by atoms with van der Waals surface area (Å²) in [6.07, 6.45) is 0. The second kappa shape index (κ2) is 3.91. The minimum atomic E-state index is -0.647. The van der Waals surface area contributed by atoms with Crippen molar-refractivity contribution in [2.75, 3.05) is 5.73 Å². The van der Waals surface area contributed by atoms with E-state index in [2.05, 4.69) is 15.9 Å². The van der Waals surface area contributed by atoms with Crippen LogP contribution in [0.5, 0.6) is 0 Å². The lowest BCUT2D eigenvalue weighted by atomic mass is 10.3. The summed E-state index contributed by atoms with van der Waals surface area (Å²) in [4.78, 5) is 0. The lowest BCUT2D eigenvalue weighted by Gasteiger charge is -2.06. The maximum absolute atomic E-state index is 13.1. The van der Waals surface area contributed by atoms with Crippen LogP contribution in [0.2, 0.25) is 0 Å². The third-order valence-electron chi connectivity index (χ3n) is 1.24. The first-order valence-electron chi connectivity index (χ1n) is 2.73. The van der Waals surface area contributed by atoms with Gasteiger partial charge in [0.1, 0.15) is 0 Å². The van der Waals surface area contributed by atoms with Crippen molar-refractivity contribution in [1.82, 2.24) is 0 Å². The summed E-state index contributed by atoms with van der Waals surface area (Å²) in [6.45, 7) is 0. The highest BCUT2D eigenvalue weighted by Crippen LogP contribution is 2.33. The number of anilines is 1. The Morgan fingerprint density at radius 2 is 1.42 bits per heavy atom. The lowest BCUT2D eigenvalue weighted by molar-refractivity contribution is 0.564. The molecule has 1 rings (SSSR count). The van der Waals surface area contributed by atoms with E-state index in [9.17, 15) is 8.78 Å². The molecule has 66 valence electrons. The summed E-state index contributed by atoms with van der Waals surface area (Å²) in [6, 6.07) is 0. The van der Waals surface area contributed by atoms with E-state index in [1.165, 1.54) is 0 Å². The van der Waals surface area contributed by atoms with Gasteiger partial charge >= 0.3 is 0 Å². The molecule has 1 aromatic rings. The number of hydrogen-bond acceptors (Lipinski definition) is 1. The second-order valence-electron chi connectivity index (χ2n) is 1.98. The van der Waals surface area contributed by atoms with E-state index < -0.39 is 11.6 Å². The Balaban J connectivity index is 3.60. The van der Waals surface area contributed by atoms with E-state index in [1.54, 1.807) is 45.2 Å². The van der Waals surface area contributed by atoms with Crippen molar-refractivity contribution in [1.29, 1.82) is 0 Å². The molecule has 1 nitrogen and oxygen atoms in total. The SMILES string of the molecule is Nc1c(I)c(F)c(Br)c(F)c1I. The Morgan fingerprint density at radius 3 is 1.75 bits per heavy atom. The summed E-state index contributed by atoms with van der Waals surface area (Å²) >= 11 is 6.27. The summed E-state index contributed by atoms with van der Waals surface area (Å²) in [7, 11) is 0. The quantitative estimate of drug-likeness (QED) is 0.273. The van der Waals surface area contributed by atoms with Gasteiger partial charge in [-0.3, -0.25) is 0 Å². The zero-order valence-corrected chi connectivity index (χ0v) is 11.4. The highest BCUT2D eigenvalue weighted by molar-refractivity contribution is 14.1. The zero-order chi connectivity index (χ0) is 9.46. The fraction of sp³-hybridized carbons (Fsp3) is 0. The Kier molecular flexibility index (Phi) is 3.55. The van der Waals surface area contributed by atoms with Crippen LogP contribution in [0.1, 0.15) is 0 Å². The van der Waals surface area contributed by atoms with Gasteiger partial charge in [0.05, 0.1) is 17.3 Å². The molecule has 0 atom stereocenters. The number of rotatable bonds is 0. The average Bonchev–Trinajstić information content (AvgIpc) is 2.08. The van der Waals surface area contributed by atoms with E-state index >= 15 is 0 Å². The van der Waals surface area contributed by atoms with Gasteiger partial charge in [-0.05, 0) is 61.1 Å². The van der Waals surface area contributed by atoms with Crippen LogP contribution in [0.25, 0.3) is 0 Å². The van der Waals surface area contributed by atoms with Crippen LogP contribution < -0.4 is 5.73 Å². The van der Waals surface area contributed by atoms with Crippen molar-refractivity contribution in [2.45, 2.75) is 0 Å². The van der Waals surface area contributed by atoms with E-state index in [4.69, 9.17) is 5.73 Å². The first-order chi connectivity index (χ1) is 5.46. The van der Waals surface area contributed by atoms with Crippen LogP contribution in [0, 0.1) is 18.8 Å². The molecule has 0 spiro atoms. The van der Waals surface area contributed by atoms with Crippen molar-refractivity contribution in [3.05, 3.63) is 23.2 Å². The molecule has 0 fully saturated rings. The van der Waals surface area contributed by atoms with Crippen LogP contribution in [-0.2, 0) is 0 Å². The molecule has 0 heterocycles. The van der Waals surface area contributed by atoms with Crippen LogP contribution in [0.15, 0.2) is 4.47 Å². The maximum Gasteiger partial charge on any atom is 0.155 e. The van der Waals surface area contributed by atoms with Crippen molar-refractivity contribution >= 4 is 66.8 Å². The maximum atomic E-state index is 13.1. The summed E-state index contributed by atoms with van der Waals surface area (Å²) < 4.78 is 26.4. The predicted molar refractivity (Wildman–Crippen MR) is 63.9 cm³/mol. The van der Waals surface area contributed by atoms with Gasteiger partial charge in [0, 0.05) is 0 Å². The molecule has 12 heavy (non-hydrogen) atoms. The van der Waals surface area contributed by atoms with Crippen LogP contribution in [-0.4, -0.2) is 0 Å². The molecule has 6 heteroatoms. The largest absolute Gasteiger partial charge is 0.397 e. The van der Waals surface area contributed by atoms with Crippen molar-refractivity contribution < 1.29 is 8.78 Å². The molecule has 1 aromatic carbocycles. The van der Waals surface area contributed by atoms with Crippen LogP contribution in [0.4, 0.5) is 14.5 Å². The number of hydrogen-bond donors (Lipinski definition) is 1. The summed E-state index contributed by atoms with van der Waals surface area (Å²) in [5, 5.41) is 0. The molecule has 0 unspecified atom stereocenters. The number of nitrogens with two attached hydrogens (primary N) is 1. The molecule has 0 aliphatic heterocycles. The van der Waals surface area contributed by atoms with Gasteiger partial charge in [-0.15, -0.1) is 0 Å². The predicted octanol–water partition coefficient (Wildman–Crippen LogP) is 3.52. The van der Waals surface area contributed by atoms with Crippen molar-refractivity contribution in [3.8, 4) is 0 Å². The van der Waals surface area contributed by atoms with Gasteiger partial charge in [0.15, 0.2) is 11.6 Å². The van der Waals surface area contributed by atoms with E-state index in [1.807, 2.05) is 0 Å². The lowest BCUT2D eigenvalue weighted by Crippen LogP contribution is -2.01. The molecule has 0 saturated heterocycles. The third kappa shape index (κ3) is 1.69. The molecule has 0 aliphatic rings. The zero-order valence-electron chi connectivity index (χ0n) is 5.47.